The first-order valence-corrected chi connectivity index (χ1v) is 7.87. The summed E-state index contributed by atoms with van der Waals surface area (Å²) >= 11 is 0. The lowest BCUT2D eigenvalue weighted by Gasteiger charge is -2.24. The van der Waals surface area contributed by atoms with Gasteiger partial charge in [0.2, 0.25) is 5.91 Å². The zero-order valence-electron chi connectivity index (χ0n) is 14.2. The fourth-order valence-corrected chi connectivity index (χ4v) is 3.29. The lowest BCUT2D eigenvalue weighted by atomic mass is 9.85. The number of anilines is 1. The summed E-state index contributed by atoms with van der Waals surface area (Å²) in [6, 6.07) is 0. The molecule has 1 N–H and O–H groups in total. The fraction of sp³-hybridized carbons (Fsp3) is 0.500. The second kappa shape index (κ2) is 6.10. The molecule has 3 rings (SSSR count). The average molecular weight is 332 g/mol. The molecule has 3 heterocycles. The topological polar surface area (TPSA) is 99.2 Å². The number of hydrogen-bond donors (Lipinski definition) is 1. The van der Waals surface area contributed by atoms with Crippen molar-refractivity contribution in [1.82, 2.24) is 14.9 Å². The van der Waals surface area contributed by atoms with Gasteiger partial charge >= 0.3 is 5.97 Å². The number of ether oxygens (including phenoxy) is 1. The maximum absolute atomic E-state index is 12.2. The van der Waals surface area contributed by atoms with Crippen LogP contribution in [0.1, 0.15) is 47.5 Å². The summed E-state index contributed by atoms with van der Waals surface area (Å²) in [5.74, 6) is 0.530. The van der Waals surface area contributed by atoms with E-state index in [-0.39, 0.29) is 18.4 Å². The summed E-state index contributed by atoms with van der Waals surface area (Å²) < 4.78 is 11.7. The Morgan fingerprint density at radius 2 is 2.08 bits per heavy atom. The quantitative estimate of drug-likeness (QED) is 0.858. The summed E-state index contributed by atoms with van der Waals surface area (Å²) in [5.41, 5.74) is 3.33. The Morgan fingerprint density at radius 3 is 2.71 bits per heavy atom. The number of amides is 1. The van der Waals surface area contributed by atoms with Gasteiger partial charge in [-0.1, -0.05) is 5.16 Å². The molecule has 24 heavy (non-hydrogen) atoms. The van der Waals surface area contributed by atoms with Crippen LogP contribution in [0.2, 0.25) is 0 Å². The van der Waals surface area contributed by atoms with Crippen LogP contribution in [0.3, 0.4) is 0 Å². The monoisotopic (exact) mass is 332 g/mol. The van der Waals surface area contributed by atoms with Gasteiger partial charge in [0.1, 0.15) is 18.1 Å². The van der Waals surface area contributed by atoms with Crippen LogP contribution in [-0.4, -0.2) is 33.4 Å². The van der Waals surface area contributed by atoms with E-state index in [9.17, 15) is 9.59 Å². The first-order chi connectivity index (χ1) is 11.4. The van der Waals surface area contributed by atoms with E-state index in [4.69, 9.17) is 9.26 Å². The lowest BCUT2D eigenvalue weighted by Crippen LogP contribution is -2.26. The van der Waals surface area contributed by atoms with Gasteiger partial charge in [-0.15, -0.1) is 0 Å². The summed E-state index contributed by atoms with van der Waals surface area (Å²) in [6.45, 7) is 7.56. The summed E-state index contributed by atoms with van der Waals surface area (Å²) in [6.07, 6.45) is 0.293. The van der Waals surface area contributed by atoms with Gasteiger partial charge in [0.25, 0.3) is 0 Å². The van der Waals surface area contributed by atoms with E-state index in [0.29, 0.717) is 24.6 Å². The summed E-state index contributed by atoms with van der Waals surface area (Å²) in [7, 11) is 0. The molecule has 2 aromatic rings. The summed E-state index contributed by atoms with van der Waals surface area (Å²) in [4.78, 5) is 24.0. The lowest BCUT2D eigenvalue weighted by molar-refractivity contribution is -0.144. The van der Waals surface area contributed by atoms with Crippen molar-refractivity contribution >= 4 is 17.7 Å². The minimum atomic E-state index is -0.392. The molecule has 1 aliphatic rings. The standard InChI is InChI=1S/C16H20N4O4/c1-5-23-13(22)7-20-16-15(8(2)18-20)11(6-12(21)17-16)14-9(3)19-24-10(14)4/h11H,5-7H2,1-4H3,(H,17,21)/t11-/m0/s1. The van der Waals surface area contributed by atoms with Crippen molar-refractivity contribution in [2.24, 2.45) is 0 Å². The Bertz CT molecular complexity index is 786. The van der Waals surface area contributed by atoms with Gasteiger partial charge in [0.15, 0.2) is 0 Å². The highest BCUT2D eigenvalue weighted by molar-refractivity contribution is 5.95. The molecule has 0 saturated carbocycles. The molecule has 0 aromatic carbocycles. The molecule has 0 fully saturated rings. The number of fused-ring (bicyclic) bond motifs is 1. The van der Waals surface area contributed by atoms with Crippen LogP contribution in [-0.2, 0) is 20.9 Å². The van der Waals surface area contributed by atoms with E-state index in [1.807, 2.05) is 20.8 Å². The molecule has 1 amide bonds. The van der Waals surface area contributed by atoms with Crippen molar-refractivity contribution in [2.45, 2.75) is 46.6 Å². The third kappa shape index (κ3) is 2.68. The van der Waals surface area contributed by atoms with E-state index < -0.39 is 5.97 Å². The minimum absolute atomic E-state index is 0.0430. The second-order valence-corrected chi connectivity index (χ2v) is 5.85. The van der Waals surface area contributed by atoms with E-state index >= 15 is 0 Å². The highest BCUT2D eigenvalue weighted by Gasteiger charge is 2.35. The van der Waals surface area contributed by atoms with Crippen molar-refractivity contribution in [2.75, 3.05) is 11.9 Å². The van der Waals surface area contributed by atoms with Gasteiger partial charge < -0.3 is 14.6 Å². The first-order valence-electron chi connectivity index (χ1n) is 7.87. The molecule has 0 unspecified atom stereocenters. The Labute approximate surface area is 139 Å². The molecule has 0 aliphatic carbocycles. The number of nitrogens with zero attached hydrogens (tertiary/aromatic N) is 3. The van der Waals surface area contributed by atoms with Gasteiger partial charge in [-0.25, -0.2) is 4.68 Å². The minimum Gasteiger partial charge on any atom is -0.465 e. The van der Waals surface area contributed by atoms with Crippen LogP contribution in [0.15, 0.2) is 4.52 Å². The molecule has 0 saturated heterocycles. The SMILES string of the molecule is CCOC(=O)Cn1nc(C)c2c1NC(=O)C[C@H]2c1c(C)noc1C. The molecule has 0 radical (unpaired) electrons. The van der Waals surface area contributed by atoms with Crippen molar-refractivity contribution in [3.8, 4) is 0 Å². The molecule has 128 valence electrons. The predicted molar refractivity (Wildman–Crippen MR) is 84.7 cm³/mol. The zero-order chi connectivity index (χ0) is 17.4. The number of hydrogen-bond acceptors (Lipinski definition) is 6. The number of carbonyl (C=O) groups is 2. The van der Waals surface area contributed by atoms with Crippen LogP contribution in [0, 0.1) is 20.8 Å². The van der Waals surface area contributed by atoms with Gasteiger partial charge in [-0.05, 0) is 27.7 Å². The number of nitrogens with one attached hydrogen (secondary N) is 1. The Morgan fingerprint density at radius 1 is 1.33 bits per heavy atom. The molecule has 8 heteroatoms. The number of aryl methyl sites for hydroxylation is 3. The molecular weight excluding hydrogens is 312 g/mol. The zero-order valence-corrected chi connectivity index (χ0v) is 14.2. The van der Waals surface area contributed by atoms with E-state index in [1.54, 1.807) is 6.92 Å². The van der Waals surface area contributed by atoms with Crippen molar-refractivity contribution in [3.05, 3.63) is 28.3 Å². The van der Waals surface area contributed by atoms with Crippen LogP contribution in [0.5, 0.6) is 0 Å². The number of esters is 1. The molecule has 8 nitrogen and oxygen atoms in total. The third-order valence-electron chi connectivity index (χ3n) is 4.19. The number of rotatable bonds is 4. The maximum Gasteiger partial charge on any atom is 0.327 e. The molecule has 0 bridgehead atoms. The average Bonchev–Trinajstić information content (AvgIpc) is 2.99. The largest absolute Gasteiger partial charge is 0.465 e. The first kappa shape index (κ1) is 16.2. The smallest absolute Gasteiger partial charge is 0.327 e. The Hall–Kier alpha value is -2.64. The molecular formula is C16H20N4O4. The Kier molecular flexibility index (Phi) is 4.13. The summed E-state index contributed by atoms with van der Waals surface area (Å²) in [5, 5.41) is 11.2. The Balaban J connectivity index is 2.06. The second-order valence-electron chi connectivity index (χ2n) is 5.85. The number of carbonyl (C=O) groups excluding carboxylic acids is 2. The van der Waals surface area contributed by atoms with E-state index in [1.165, 1.54) is 4.68 Å². The third-order valence-corrected chi connectivity index (χ3v) is 4.19. The molecule has 1 atom stereocenters. The normalized spacial score (nSPS) is 16.7. The van der Waals surface area contributed by atoms with E-state index in [0.717, 1.165) is 22.5 Å². The van der Waals surface area contributed by atoms with Gasteiger partial charge in [0, 0.05) is 23.5 Å². The van der Waals surface area contributed by atoms with Crippen LogP contribution in [0.25, 0.3) is 0 Å². The van der Waals surface area contributed by atoms with Crippen molar-refractivity contribution in [1.29, 1.82) is 0 Å². The maximum atomic E-state index is 12.2. The predicted octanol–water partition coefficient (Wildman–Crippen LogP) is 1.83. The van der Waals surface area contributed by atoms with Gasteiger partial charge in [0.05, 0.1) is 18.0 Å². The van der Waals surface area contributed by atoms with Crippen molar-refractivity contribution in [3.63, 3.8) is 0 Å². The van der Waals surface area contributed by atoms with Crippen LogP contribution < -0.4 is 5.32 Å². The van der Waals surface area contributed by atoms with E-state index in [2.05, 4.69) is 15.6 Å². The van der Waals surface area contributed by atoms with Gasteiger partial charge in [-0.3, -0.25) is 9.59 Å². The molecule has 1 aliphatic heterocycles. The van der Waals surface area contributed by atoms with Crippen LogP contribution >= 0.6 is 0 Å². The molecule has 0 spiro atoms. The van der Waals surface area contributed by atoms with Gasteiger partial charge in [-0.2, -0.15) is 5.10 Å². The highest BCUT2D eigenvalue weighted by atomic mass is 16.5. The fourth-order valence-electron chi connectivity index (χ4n) is 3.29. The van der Waals surface area contributed by atoms with Crippen molar-refractivity contribution < 1.29 is 18.8 Å². The highest BCUT2D eigenvalue weighted by Crippen LogP contribution is 2.41. The van der Waals surface area contributed by atoms with Crippen LogP contribution in [0.4, 0.5) is 5.82 Å². The molecule has 2 aromatic heterocycles. The number of aromatic nitrogens is 3.